The summed E-state index contributed by atoms with van der Waals surface area (Å²) in [6, 6.07) is 12.6. The molecule has 0 aromatic heterocycles. The van der Waals surface area contributed by atoms with E-state index in [0.717, 1.165) is 21.3 Å². The Morgan fingerprint density at radius 1 is 1.05 bits per heavy atom. The second-order valence-electron chi connectivity index (χ2n) is 6.47. The molecule has 0 radical (unpaired) electrons. The third-order valence-electron chi connectivity index (χ3n) is 3.53. The molecule has 0 saturated heterocycles. The molecule has 2 nitrogen and oxygen atoms in total. The molecule has 0 heterocycles. The zero-order chi connectivity index (χ0) is 16.3. The second kappa shape index (κ2) is 6.84. The van der Waals surface area contributed by atoms with Gasteiger partial charge in [-0.15, -0.1) is 0 Å². The van der Waals surface area contributed by atoms with Gasteiger partial charge >= 0.3 is 0 Å². The summed E-state index contributed by atoms with van der Waals surface area (Å²) in [5, 5.41) is 0. The van der Waals surface area contributed by atoms with Crippen LogP contribution in [0.5, 0.6) is 5.75 Å². The Hall–Kier alpha value is -1.32. The van der Waals surface area contributed by atoms with Gasteiger partial charge in [0.2, 0.25) is 0 Å². The van der Waals surface area contributed by atoms with Crippen molar-refractivity contribution in [2.75, 3.05) is 13.9 Å². The molecular formula is C19H23BrO2. The van der Waals surface area contributed by atoms with Crippen LogP contribution in [-0.2, 0) is 10.2 Å². The first-order valence-corrected chi connectivity index (χ1v) is 8.15. The molecule has 0 saturated carbocycles. The SMILES string of the molecule is COCOc1c(-c2ccccc2Br)cc(C)cc1C(C)(C)C. The van der Waals surface area contributed by atoms with E-state index in [4.69, 9.17) is 9.47 Å². The number of aryl methyl sites for hydroxylation is 1. The molecule has 3 heteroatoms. The molecule has 2 aromatic carbocycles. The lowest BCUT2D eigenvalue weighted by Crippen LogP contribution is -2.15. The molecule has 0 spiro atoms. The average Bonchev–Trinajstić information content (AvgIpc) is 2.45. The first-order chi connectivity index (χ1) is 10.3. The highest BCUT2D eigenvalue weighted by molar-refractivity contribution is 9.10. The number of ether oxygens (including phenoxy) is 2. The van der Waals surface area contributed by atoms with Crippen molar-refractivity contribution in [2.24, 2.45) is 0 Å². The van der Waals surface area contributed by atoms with Crippen molar-refractivity contribution in [1.29, 1.82) is 0 Å². The predicted octanol–water partition coefficient (Wildman–Crippen LogP) is 5.70. The first-order valence-electron chi connectivity index (χ1n) is 7.36. The predicted molar refractivity (Wildman–Crippen MR) is 95.5 cm³/mol. The molecule has 0 aliphatic rings. The van der Waals surface area contributed by atoms with Crippen LogP contribution in [0.15, 0.2) is 40.9 Å². The summed E-state index contributed by atoms with van der Waals surface area (Å²) in [4.78, 5) is 0. The highest BCUT2D eigenvalue weighted by Gasteiger charge is 2.23. The highest BCUT2D eigenvalue weighted by Crippen LogP contribution is 2.42. The van der Waals surface area contributed by atoms with Crippen LogP contribution < -0.4 is 4.74 Å². The Labute approximate surface area is 141 Å². The van der Waals surface area contributed by atoms with E-state index in [0.29, 0.717) is 0 Å². The third-order valence-corrected chi connectivity index (χ3v) is 4.22. The topological polar surface area (TPSA) is 18.5 Å². The van der Waals surface area contributed by atoms with Crippen LogP contribution in [-0.4, -0.2) is 13.9 Å². The molecule has 22 heavy (non-hydrogen) atoms. The summed E-state index contributed by atoms with van der Waals surface area (Å²) in [5.41, 5.74) is 4.62. The summed E-state index contributed by atoms with van der Waals surface area (Å²) in [6.07, 6.45) is 0. The molecule has 0 atom stereocenters. The molecule has 2 aromatic rings. The lowest BCUT2D eigenvalue weighted by molar-refractivity contribution is 0.0502. The lowest BCUT2D eigenvalue weighted by atomic mass is 9.83. The first kappa shape index (κ1) is 17.0. The van der Waals surface area contributed by atoms with Gasteiger partial charge in [-0.3, -0.25) is 0 Å². The average molecular weight is 363 g/mol. The number of benzene rings is 2. The Morgan fingerprint density at radius 2 is 1.73 bits per heavy atom. The Balaban J connectivity index is 2.71. The van der Waals surface area contributed by atoms with E-state index in [1.807, 2.05) is 12.1 Å². The van der Waals surface area contributed by atoms with E-state index in [-0.39, 0.29) is 12.2 Å². The van der Waals surface area contributed by atoms with Crippen molar-refractivity contribution in [3.8, 4) is 16.9 Å². The fourth-order valence-corrected chi connectivity index (χ4v) is 2.98. The highest BCUT2D eigenvalue weighted by atomic mass is 79.9. The smallest absolute Gasteiger partial charge is 0.188 e. The minimum atomic E-state index is -0.00883. The molecule has 0 fully saturated rings. The van der Waals surface area contributed by atoms with Crippen molar-refractivity contribution >= 4 is 15.9 Å². The van der Waals surface area contributed by atoms with Crippen molar-refractivity contribution in [3.63, 3.8) is 0 Å². The Morgan fingerprint density at radius 3 is 2.32 bits per heavy atom. The minimum Gasteiger partial charge on any atom is -0.467 e. The maximum Gasteiger partial charge on any atom is 0.188 e. The zero-order valence-corrected chi connectivity index (χ0v) is 15.5. The van der Waals surface area contributed by atoms with E-state index in [1.54, 1.807) is 7.11 Å². The summed E-state index contributed by atoms with van der Waals surface area (Å²) in [6.45, 7) is 8.96. The van der Waals surface area contributed by atoms with Crippen molar-refractivity contribution in [3.05, 3.63) is 52.0 Å². The summed E-state index contributed by atoms with van der Waals surface area (Å²) < 4.78 is 12.2. The fourth-order valence-electron chi connectivity index (χ4n) is 2.48. The molecule has 0 unspecified atom stereocenters. The van der Waals surface area contributed by atoms with Crippen LogP contribution in [0.25, 0.3) is 11.1 Å². The molecular weight excluding hydrogens is 340 g/mol. The largest absolute Gasteiger partial charge is 0.467 e. The van der Waals surface area contributed by atoms with E-state index >= 15 is 0 Å². The zero-order valence-electron chi connectivity index (χ0n) is 13.9. The van der Waals surface area contributed by atoms with E-state index in [1.165, 1.54) is 11.1 Å². The quantitative estimate of drug-likeness (QED) is 0.649. The van der Waals surface area contributed by atoms with Gasteiger partial charge in [-0.1, -0.05) is 61.0 Å². The summed E-state index contributed by atoms with van der Waals surface area (Å²) in [5.74, 6) is 0.895. The van der Waals surface area contributed by atoms with Gasteiger partial charge in [-0.25, -0.2) is 0 Å². The van der Waals surface area contributed by atoms with E-state index in [2.05, 4.69) is 67.9 Å². The molecule has 0 aliphatic carbocycles. The van der Waals surface area contributed by atoms with Crippen LogP contribution >= 0.6 is 15.9 Å². The normalized spacial score (nSPS) is 11.5. The van der Waals surface area contributed by atoms with Gasteiger partial charge in [0.25, 0.3) is 0 Å². The molecule has 2 rings (SSSR count). The number of methoxy groups -OCH3 is 1. The van der Waals surface area contributed by atoms with Crippen LogP contribution in [0.1, 0.15) is 31.9 Å². The van der Waals surface area contributed by atoms with Gasteiger partial charge in [0.1, 0.15) is 5.75 Å². The van der Waals surface area contributed by atoms with Gasteiger partial charge < -0.3 is 9.47 Å². The number of hydrogen-bond donors (Lipinski definition) is 0. The number of hydrogen-bond acceptors (Lipinski definition) is 2. The van der Waals surface area contributed by atoms with Gasteiger partial charge in [0.05, 0.1) is 0 Å². The fraction of sp³-hybridized carbons (Fsp3) is 0.368. The molecule has 118 valence electrons. The van der Waals surface area contributed by atoms with Crippen LogP contribution in [0.2, 0.25) is 0 Å². The molecule has 0 bridgehead atoms. The second-order valence-corrected chi connectivity index (χ2v) is 7.32. The lowest BCUT2D eigenvalue weighted by Gasteiger charge is -2.26. The maximum atomic E-state index is 5.97. The van der Waals surface area contributed by atoms with Crippen molar-refractivity contribution < 1.29 is 9.47 Å². The standard InChI is InChI=1S/C19H23BrO2/c1-13-10-15(14-8-6-7-9-17(14)20)18(22-12-21-5)16(11-13)19(2,3)4/h6-11H,12H2,1-5H3. The van der Waals surface area contributed by atoms with Gasteiger partial charge in [-0.05, 0) is 35.6 Å². The number of rotatable bonds is 4. The van der Waals surface area contributed by atoms with Gasteiger partial charge in [-0.2, -0.15) is 0 Å². The number of halogens is 1. The molecule has 0 N–H and O–H groups in total. The third kappa shape index (κ3) is 3.71. The maximum absolute atomic E-state index is 5.97. The molecule has 0 aliphatic heterocycles. The van der Waals surface area contributed by atoms with Crippen molar-refractivity contribution in [2.45, 2.75) is 33.1 Å². The Bertz CT molecular complexity index is 657. The van der Waals surface area contributed by atoms with Crippen LogP contribution in [0.3, 0.4) is 0 Å². The monoisotopic (exact) mass is 362 g/mol. The summed E-state index contributed by atoms with van der Waals surface area (Å²) >= 11 is 3.65. The van der Waals surface area contributed by atoms with E-state index < -0.39 is 0 Å². The van der Waals surface area contributed by atoms with Crippen LogP contribution in [0.4, 0.5) is 0 Å². The molecule has 0 amide bonds. The Kier molecular flexibility index (Phi) is 5.30. The minimum absolute atomic E-state index is 0.00883. The van der Waals surface area contributed by atoms with Gasteiger partial charge in [0, 0.05) is 22.7 Å². The van der Waals surface area contributed by atoms with E-state index in [9.17, 15) is 0 Å². The van der Waals surface area contributed by atoms with Crippen LogP contribution in [0, 0.1) is 6.92 Å². The van der Waals surface area contributed by atoms with Crippen molar-refractivity contribution in [1.82, 2.24) is 0 Å². The van der Waals surface area contributed by atoms with Gasteiger partial charge in [0.15, 0.2) is 6.79 Å². The summed E-state index contributed by atoms with van der Waals surface area (Å²) in [7, 11) is 1.64.